The lowest BCUT2D eigenvalue weighted by molar-refractivity contribution is -0.139. The molecule has 0 amide bonds. The minimum atomic E-state index is -4.74. The van der Waals surface area contributed by atoms with E-state index in [1.165, 1.54) is 6.07 Å². The summed E-state index contributed by atoms with van der Waals surface area (Å²) in [5, 5.41) is 45.3. The predicted octanol–water partition coefficient (Wildman–Crippen LogP) is 2.26. The number of allylic oxidation sites excluding steroid dienone is 2. The van der Waals surface area contributed by atoms with Gasteiger partial charge in [0.05, 0.1) is 42.9 Å². The van der Waals surface area contributed by atoms with Crippen LogP contribution in [0, 0.1) is 0 Å². The number of aliphatic hydroxyl groups excluding tert-OH is 1. The minimum absolute atomic E-state index is 0.00421. The largest absolute Gasteiger partial charge is 0.507 e. The SMILES string of the molecule is COC(=O)c1cc2cc3c(c(O)c2c(=O)o1)OC1(Cc2c(O)c4c(c(O)c2O1)C(=O)C(NCC(F)(F)F)=CC4=O)CC3O. The molecular formula is C27H18F3NO12. The fourth-order valence-corrected chi connectivity index (χ4v) is 5.41. The molecule has 0 fully saturated rings. The number of ketones is 2. The molecule has 13 nitrogen and oxygen atoms in total. The van der Waals surface area contributed by atoms with E-state index < -0.39 is 117 Å². The second kappa shape index (κ2) is 9.12. The molecule has 1 aromatic heterocycles. The highest BCUT2D eigenvalue weighted by atomic mass is 19.4. The number of aromatic hydroxyl groups is 3. The zero-order valence-corrected chi connectivity index (χ0v) is 21.6. The van der Waals surface area contributed by atoms with Crippen LogP contribution in [0.5, 0.6) is 28.7 Å². The first kappa shape index (κ1) is 27.9. The molecule has 1 spiro atoms. The van der Waals surface area contributed by atoms with E-state index in [1.54, 1.807) is 5.32 Å². The lowest BCUT2D eigenvalue weighted by Gasteiger charge is -2.37. The molecular weight excluding hydrogens is 587 g/mol. The van der Waals surface area contributed by atoms with Crippen molar-refractivity contribution in [3.8, 4) is 28.7 Å². The summed E-state index contributed by atoms with van der Waals surface area (Å²) < 4.78 is 59.3. The average Bonchev–Trinajstić information content (AvgIpc) is 3.30. The zero-order chi connectivity index (χ0) is 31.2. The quantitative estimate of drug-likeness (QED) is 0.215. The van der Waals surface area contributed by atoms with Crippen LogP contribution < -0.4 is 20.4 Å². The Hall–Kier alpha value is -5.25. The number of methoxy groups -OCH3 is 1. The molecule has 0 radical (unpaired) electrons. The van der Waals surface area contributed by atoms with Crippen LogP contribution in [0.1, 0.15) is 54.9 Å². The van der Waals surface area contributed by atoms with Gasteiger partial charge in [0.2, 0.25) is 11.5 Å². The molecule has 2 unspecified atom stereocenters. The lowest BCUT2D eigenvalue weighted by Crippen LogP contribution is -2.45. The number of halogens is 3. The summed E-state index contributed by atoms with van der Waals surface area (Å²) >= 11 is 0. The van der Waals surface area contributed by atoms with Gasteiger partial charge in [-0.3, -0.25) is 9.59 Å². The van der Waals surface area contributed by atoms with Crippen LogP contribution >= 0.6 is 0 Å². The van der Waals surface area contributed by atoms with Gasteiger partial charge < -0.3 is 44.4 Å². The number of phenolic OH excluding ortho intramolecular Hbond substituents is 3. The van der Waals surface area contributed by atoms with Gasteiger partial charge in [0.25, 0.3) is 5.79 Å². The molecule has 2 aliphatic heterocycles. The smallest absolute Gasteiger partial charge is 0.405 e. The summed E-state index contributed by atoms with van der Waals surface area (Å²) in [5.74, 6) is -9.28. The van der Waals surface area contributed by atoms with Gasteiger partial charge in [-0.15, -0.1) is 0 Å². The number of esters is 1. The Bertz CT molecular complexity index is 1890. The van der Waals surface area contributed by atoms with E-state index in [1.807, 2.05) is 0 Å². The van der Waals surface area contributed by atoms with Crippen molar-refractivity contribution in [2.45, 2.75) is 30.9 Å². The lowest BCUT2D eigenvalue weighted by atomic mass is 9.86. The van der Waals surface area contributed by atoms with Crippen LogP contribution in [-0.2, 0) is 11.2 Å². The minimum Gasteiger partial charge on any atom is -0.507 e. The van der Waals surface area contributed by atoms with Crippen LogP contribution in [-0.4, -0.2) is 63.6 Å². The number of Topliss-reactive ketones (excluding diaryl/α,β-unsaturated/α-hetero) is 1. The van der Waals surface area contributed by atoms with Crippen LogP contribution in [0.15, 0.2) is 33.1 Å². The van der Waals surface area contributed by atoms with E-state index in [-0.39, 0.29) is 16.5 Å². The first-order valence-electron chi connectivity index (χ1n) is 12.3. The Morgan fingerprint density at radius 1 is 1.07 bits per heavy atom. The van der Waals surface area contributed by atoms with E-state index in [0.717, 1.165) is 13.2 Å². The number of hydrogen-bond donors (Lipinski definition) is 5. The molecule has 1 aliphatic carbocycles. The number of aliphatic hydroxyl groups is 1. The standard InChI is InChI=1S/C27H18F3NO12/c1-40-24(38)14-3-8-2-9-13(33)6-26(42-22(9)20(36)15(8)25(39)41-14)5-10-18(34)16-12(32)4-11(31-7-27(28,29)30)19(35)17(16)21(37)23(10)43-26/h2-4,13,31,33-34,36-37H,5-7H2,1H3. The second-order valence-corrected chi connectivity index (χ2v) is 9.98. The molecule has 6 rings (SSSR count). The Balaban J connectivity index is 1.41. The van der Waals surface area contributed by atoms with Gasteiger partial charge in [-0.2, -0.15) is 13.2 Å². The van der Waals surface area contributed by atoms with Crippen LogP contribution in [0.3, 0.4) is 0 Å². The number of carbonyl (C=O) groups is 3. The Labute approximate surface area is 236 Å². The van der Waals surface area contributed by atoms with Crippen molar-refractivity contribution < 1.29 is 66.6 Å². The Kier molecular flexibility index (Phi) is 5.92. The number of ether oxygens (including phenoxy) is 3. The number of alkyl halides is 3. The molecule has 0 saturated heterocycles. The van der Waals surface area contributed by atoms with Crippen molar-refractivity contribution in [1.82, 2.24) is 5.32 Å². The topological polar surface area (TPSA) is 202 Å². The highest BCUT2D eigenvalue weighted by molar-refractivity contribution is 6.27. The first-order chi connectivity index (χ1) is 20.1. The third-order valence-electron chi connectivity index (χ3n) is 7.25. The van der Waals surface area contributed by atoms with Crippen molar-refractivity contribution in [2.75, 3.05) is 13.7 Å². The van der Waals surface area contributed by atoms with Crippen molar-refractivity contribution in [2.24, 2.45) is 0 Å². The van der Waals surface area contributed by atoms with Crippen LogP contribution in [0.4, 0.5) is 13.2 Å². The third kappa shape index (κ3) is 4.20. The number of rotatable bonds is 3. The number of fused-ring (bicyclic) bond motifs is 4. The van der Waals surface area contributed by atoms with Crippen molar-refractivity contribution in [1.29, 1.82) is 0 Å². The Morgan fingerprint density at radius 3 is 2.44 bits per heavy atom. The molecule has 3 aliphatic rings. The predicted molar refractivity (Wildman–Crippen MR) is 133 cm³/mol. The monoisotopic (exact) mass is 605 g/mol. The summed E-state index contributed by atoms with van der Waals surface area (Å²) in [4.78, 5) is 50.3. The van der Waals surface area contributed by atoms with Gasteiger partial charge in [-0.25, -0.2) is 9.59 Å². The second-order valence-electron chi connectivity index (χ2n) is 9.98. The van der Waals surface area contributed by atoms with Gasteiger partial charge in [0.1, 0.15) is 17.7 Å². The number of phenols is 3. The van der Waals surface area contributed by atoms with Crippen molar-refractivity contribution in [3.63, 3.8) is 0 Å². The highest BCUT2D eigenvalue weighted by Crippen LogP contribution is 2.56. The summed E-state index contributed by atoms with van der Waals surface area (Å²) in [5.41, 5.74) is -3.66. The van der Waals surface area contributed by atoms with Gasteiger partial charge in [-0.05, 0) is 17.5 Å². The maximum atomic E-state index is 13.0. The van der Waals surface area contributed by atoms with Crippen LogP contribution in [0.25, 0.3) is 10.8 Å². The first-order valence-corrected chi connectivity index (χ1v) is 12.3. The normalized spacial score (nSPS) is 20.6. The van der Waals surface area contributed by atoms with Gasteiger partial charge in [0, 0.05) is 17.2 Å². The summed E-state index contributed by atoms with van der Waals surface area (Å²) in [6.07, 6.45) is -6.51. The molecule has 43 heavy (non-hydrogen) atoms. The molecule has 224 valence electrons. The number of hydrogen-bond acceptors (Lipinski definition) is 13. The molecule has 3 aromatic rings. The average molecular weight is 605 g/mol. The summed E-state index contributed by atoms with van der Waals surface area (Å²) in [7, 11) is 1.06. The summed E-state index contributed by atoms with van der Waals surface area (Å²) in [6.45, 7) is -1.66. The number of benzene rings is 2. The maximum Gasteiger partial charge on any atom is 0.405 e. The Morgan fingerprint density at radius 2 is 1.77 bits per heavy atom. The molecule has 2 aromatic carbocycles. The van der Waals surface area contributed by atoms with E-state index in [0.29, 0.717) is 6.08 Å². The van der Waals surface area contributed by atoms with E-state index in [4.69, 9.17) is 13.9 Å². The van der Waals surface area contributed by atoms with Gasteiger partial charge in [-0.1, -0.05) is 0 Å². The van der Waals surface area contributed by atoms with Gasteiger partial charge >= 0.3 is 17.8 Å². The fourth-order valence-electron chi connectivity index (χ4n) is 5.41. The number of carbonyl (C=O) groups excluding carboxylic acids is 3. The van der Waals surface area contributed by atoms with Gasteiger partial charge in [0.15, 0.2) is 28.8 Å². The van der Waals surface area contributed by atoms with Crippen molar-refractivity contribution >= 4 is 28.3 Å². The fraction of sp³-hybridized carbons (Fsp3) is 0.259. The highest BCUT2D eigenvalue weighted by Gasteiger charge is 2.52. The van der Waals surface area contributed by atoms with E-state index in [2.05, 4.69) is 4.74 Å². The van der Waals surface area contributed by atoms with E-state index in [9.17, 15) is 52.8 Å². The van der Waals surface area contributed by atoms with E-state index >= 15 is 0 Å². The molecule has 3 heterocycles. The molecule has 0 saturated carbocycles. The third-order valence-corrected chi connectivity index (χ3v) is 7.25. The molecule has 5 N–H and O–H groups in total. The zero-order valence-electron chi connectivity index (χ0n) is 21.6. The molecule has 16 heteroatoms. The molecule has 0 bridgehead atoms. The maximum absolute atomic E-state index is 13.0. The summed E-state index contributed by atoms with van der Waals surface area (Å²) in [6, 6.07) is 2.38. The molecule has 2 atom stereocenters. The van der Waals surface area contributed by atoms with Crippen molar-refractivity contribution in [3.05, 3.63) is 62.3 Å². The number of nitrogens with one attached hydrogen (secondary N) is 1. The van der Waals surface area contributed by atoms with Crippen LogP contribution in [0.2, 0.25) is 0 Å².